The molecule has 0 atom stereocenters. The molecule has 0 radical (unpaired) electrons. The number of thioether (sulfide) groups is 2. The number of imidazole rings is 1. The number of rotatable bonds is 13. The molecule has 0 saturated carbocycles. The molecule has 11 heteroatoms. The maximum atomic E-state index is 10.8. The molecule has 0 bridgehead atoms. The zero-order valence-electron chi connectivity index (χ0n) is 15.5. The Labute approximate surface area is 181 Å². The lowest BCUT2D eigenvalue weighted by molar-refractivity contribution is -0.404. The second-order valence-electron chi connectivity index (χ2n) is 5.69. The summed E-state index contributed by atoms with van der Waals surface area (Å²) in [6.07, 6.45) is 4.44. The predicted octanol–water partition coefficient (Wildman–Crippen LogP) is 3.30. The number of nitrogens with one attached hydrogen (secondary N) is 3. The highest BCUT2D eigenvalue weighted by atomic mass is 79.9. The van der Waals surface area contributed by atoms with Gasteiger partial charge in [-0.2, -0.15) is 23.5 Å². The molecule has 0 saturated heterocycles. The van der Waals surface area contributed by atoms with Crippen molar-refractivity contribution in [1.82, 2.24) is 25.6 Å². The number of aromatic amines is 1. The van der Waals surface area contributed by atoms with Gasteiger partial charge >= 0.3 is 0 Å². The van der Waals surface area contributed by atoms with E-state index in [0.29, 0.717) is 18.9 Å². The van der Waals surface area contributed by atoms with Crippen LogP contribution in [0.1, 0.15) is 17.1 Å². The minimum atomic E-state index is -0.450. The monoisotopic (exact) mass is 486 g/mol. The fourth-order valence-electron chi connectivity index (χ4n) is 2.18. The molecule has 2 rings (SSSR count). The van der Waals surface area contributed by atoms with Crippen LogP contribution in [0.4, 0.5) is 0 Å². The number of nitro groups is 1. The normalized spacial score (nSPS) is 11.4. The van der Waals surface area contributed by atoms with Crippen molar-refractivity contribution in [2.45, 2.75) is 18.4 Å². The summed E-state index contributed by atoms with van der Waals surface area (Å²) in [5.41, 5.74) is 3.11. The molecular weight excluding hydrogens is 464 g/mol. The van der Waals surface area contributed by atoms with Crippen LogP contribution in [-0.4, -0.2) is 44.5 Å². The quantitative estimate of drug-likeness (QED) is 0.224. The van der Waals surface area contributed by atoms with Crippen molar-refractivity contribution >= 4 is 39.5 Å². The summed E-state index contributed by atoms with van der Waals surface area (Å²) in [7, 11) is 0. The lowest BCUT2D eigenvalue weighted by Crippen LogP contribution is -2.30. The SMILES string of the molecule is Cc1nc[nH]c1CSCCNC(=C[N+](=O)[O-])NCCSCc1ncccc1Br. The predicted molar refractivity (Wildman–Crippen MR) is 119 cm³/mol. The van der Waals surface area contributed by atoms with Crippen molar-refractivity contribution in [1.29, 1.82) is 0 Å². The summed E-state index contributed by atoms with van der Waals surface area (Å²) in [5, 5.41) is 17.0. The number of aryl methyl sites for hydroxylation is 1. The van der Waals surface area contributed by atoms with Gasteiger partial charge in [-0.15, -0.1) is 0 Å². The van der Waals surface area contributed by atoms with Crippen molar-refractivity contribution < 1.29 is 4.92 Å². The number of halogens is 1. The van der Waals surface area contributed by atoms with Gasteiger partial charge in [-0.25, -0.2) is 4.98 Å². The van der Waals surface area contributed by atoms with Crippen molar-refractivity contribution in [3.8, 4) is 0 Å². The first-order chi connectivity index (χ1) is 13.6. The molecule has 3 N–H and O–H groups in total. The molecule has 0 amide bonds. The summed E-state index contributed by atoms with van der Waals surface area (Å²) in [5.74, 6) is 3.71. The number of nitrogens with zero attached hydrogens (tertiary/aromatic N) is 3. The lowest BCUT2D eigenvalue weighted by Gasteiger charge is -2.11. The first-order valence-electron chi connectivity index (χ1n) is 8.63. The topological polar surface area (TPSA) is 109 Å². The number of hydrogen-bond donors (Lipinski definition) is 3. The third kappa shape index (κ3) is 8.53. The van der Waals surface area contributed by atoms with E-state index in [1.54, 1.807) is 36.0 Å². The highest BCUT2D eigenvalue weighted by molar-refractivity contribution is 9.10. The van der Waals surface area contributed by atoms with Gasteiger partial charge < -0.3 is 15.6 Å². The molecule has 8 nitrogen and oxygen atoms in total. The smallest absolute Gasteiger partial charge is 0.274 e. The van der Waals surface area contributed by atoms with Gasteiger partial charge in [-0.1, -0.05) is 0 Å². The second-order valence-corrected chi connectivity index (χ2v) is 8.75. The van der Waals surface area contributed by atoms with Crippen molar-refractivity contribution in [3.05, 3.63) is 68.3 Å². The van der Waals surface area contributed by atoms with E-state index in [4.69, 9.17) is 0 Å². The van der Waals surface area contributed by atoms with Crippen LogP contribution in [-0.2, 0) is 11.5 Å². The van der Waals surface area contributed by atoms with E-state index >= 15 is 0 Å². The van der Waals surface area contributed by atoms with E-state index in [0.717, 1.165) is 50.8 Å². The van der Waals surface area contributed by atoms with Crippen LogP contribution in [0.25, 0.3) is 0 Å². The molecule has 2 heterocycles. The second kappa shape index (κ2) is 12.7. The molecule has 0 aliphatic carbocycles. The standard InChI is InChI=1S/C17H23BrN6O2S2/c1-13-15(23-12-22-13)10-27-7-5-20-17(9-24(25)26)21-6-8-28-11-16-14(18)3-2-4-19-16/h2-4,9,12,20-21H,5-8,10-11H2,1H3,(H,22,23). The molecule has 152 valence electrons. The first kappa shape index (κ1) is 22.6. The van der Waals surface area contributed by atoms with Gasteiger partial charge in [0.05, 0.1) is 22.6 Å². The minimum Gasteiger partial charge on any atom is -0.366 e. The van der Waals surface area contributed by atoms with Gasteiger partial charge in [0.2, 0.25) is 0 Å². The first-order valence-corrected chi connectivity index (χ1v) is 11.7. The number of aromatic nitrogens is 3. The number of hydrogen-bond acceptors (Lipinski definition) is 8. The van der Waals surface area contributed by atoms with Crippen LogP contribution in [0.15, 0.2) is 41.2 Å². The molecule has 0 aliphatic rings. The Bertz CT molecular complexity index is 787. The van der Waals surface area contributed by atoms with Crippen LogP contribution in [0.3, 0.4) is 0 Å². The Hall–Kier alpha value is -1.72. The fraction of sp³-hybridized carbons (Fsp3) is 0.412. The fourth-order valence-corrected chi connectivity index (χ4v) is 4.46. The molecule has 0 unspecified atom stereocenters. The third-order valence-electron chi connectivity index (χ3n) is 3.61. The summed E-state index contributed by atoms with van der Waals surface area (Å²) in [6, 6.07) is 3.85. The highest BCUT2D eigenvalue weighted by Crippen LogP contribution is 2.18. The van der Waals surface area contributed by atoms with Crippen molar-refractivity contribution in [2.75, 3.05) is 24.6 Å². The van der Waals surface area contributed by atoms with Gasteiger partial charge in [0.25, 0.3) is 6.20 Å². The largest absolute Gasteiger partial charge is 0.366 e. The van der Waals surface area contributed by atoms with Crippen LogP contribution in [0.5, 0.6) is 0 Å². The highest BCUT2D eigenvalue weighted by Gasteiger charge is 2.05. The van der Waals surface area contributed by atoms with Crippen LogP contribution in [0, 0.1) is 17.0 Å². The summed E-state index contributed by atoms with van der Waals surface area (Å²) >= 11 is 6.94. The van der Waals surface area contributed by atoms with E-state index < -0.39 is 4.92 Å². The summed E-state index contributed by atoms with van der Waals surface area (Å²) in [6.45, 7) is 3.23. The van der Waals surface area contributed by atoms with Gasteiger partial charge in [-0.3, -0.25) is 15.1 Å². The maximum Gasteiger partial charge on any atom is 0.274 e. The Morgan fingerprint density at radius 2 is 2.00 bits per heavy atom. The van der Waals surface area contributed by atoms with Crippen molar-refractivity contribution in [2.24, 2.45) is 0 Å². The molecule has 0 fully saturated rings. The summed E-state index contributed by atoms with van der Waals surface area (Å²) < 4.78 is 0.994. The number of H-pyrrole nitrogens is 1. The molecule has 2 aromatic rings. The van der Waals surface area contributed by atoms with E-state index in [1.165, 1.54) is 0 Å². The molecular formula is C17H23BrN6O2S2. The zero-order chi connectivity index (χ0) is 20.2. The molecule has 2 aromatic heterocycles. The van der Waals surface area contributed by atoms with Crippen LogP contribution < -0.4 is 10.6 Å². The van der Waals surface area contributed by atoms with Crippen molar-refractivity contribution in [3.63, 3.8) is 0 Å². The Balaban J connectivity index is 1.63. The summed E-state index contributed by atoms with van der Waals surface area (Å²) in [4.78, 5) is 22.0. The average molecular weight is 487 g/mol. The third-order valence-corrected chi connectivity index (χ3v) is 6.29. The van der Waals surface area contributed by atoms with E-state index in [1.807, 2.05) is 19.1 Å². The molecule has 28 heavy (non-hydrogen) atoms. The van der Waals surface area contributed by atoms with Crippen LogP contribution >= 0.6 is 39.5 Å². The minimum absolute atomic E-state index is 0.433. The number of pyridine rings is 1. The average Bonchev–Trinajstić information content (AvgIpc) is 3.06. The molecule has 0 aliphatic heterocycles. The Morgan fingerprint density at radius 3 is 2.61 bits per heavy atom. The zero-order valence-corrected chi connectivity index (χ0v) is 18.7. The van der Waals surface area contributed by atoms with E-state index in [-0.39, 0.29) is 0 Å². The van der Waals surface area contributed by atoms with Gasteiger partial charge in [0.15, 0.2) is 5.82 Å². The van der Waals surface area contributed by atoms with Gasteiger partial charge in [0.1, 0.15) is 0 Å². The molecule has 0 aromatic carbocycles. The Kier molecular flexibility index (Phi) is 10.2. The van der Waals surface area contributed by atoms with E-state index in [9.17, 15) is 10.1 Å². The van der Waals surface area contributed by atoms with Gasteiger partial charge in [0, 0.05) is 52.5 Å². The molecule has 0 spiro atoms. The van der Waals surface area contributed by atoms with Gasteiger partial charge in [-0.05, 0) is 35.0 Å². The lowest BCUT2D eigenvalue weighted by atomic mass is 10.4. The maximum absolute atomic E-state index is 10.8. The Morgan fingerprint density at radius 1 is 1.29 bits per heavy atom. The van der Waals surface area contributed by atoms with Crippen LogP contribution in [0.2, 0.25) is 0 Å². The van der Waals surface area contributed by atoms with E-state index in [2.05, 4.69) is 41.5 Å².